The van der Waals surface area contributed by atoms with E-state index in [2.05, 4.69) is 4.98 Å². The number of hydrogen-bond donors (Lipinski definition) is 0. The van der Waals surface area contributed by atoms with Gasteiger partial charge < -0.3 is 9.32 Å². The summed E-state index contributed by atoms with van der Waals surface area (Å²) in [5, 5.41) is 0. The molecule has 0 spiro atoms. The number of carbonyl (C=O) groups is 2. The molecule has 8 heteroatoms. The largest absolute Gasteiger partial charge is 0.465 e. The molecule has 0 radical (unpaired) electrons. The molecular weight excluding hydrogens is 406 g/mol. The van der Waals surface area contributed by atoms with Crippen molar-refractivity contribution in [3.8, 4) is 0 Å². The second-order valence-electron chi connectivity index (χ2n) is 7.07. The number of thiocarbonyl (C=S) groups is 1. The average molecular weight is 428 g/mol. The predicted molar refractivity (Wildman–Crippen MR) is 116 cm³/mol. The van der Waals surface area contributed by atoms with Crippen LogP contribution in [0.4, 0.5) is 0 Å². The van der Waals surface area contributed by atoms with Crippen LogP contribution in [0.15, 0.2) is 52.2 Å². The first kappa shape index (κ1) is 19.8. The van der Waals surface area contributed by atoms with Crippen LogP contribution < -0.4 is 0 Å². The van der Waals surface area contributed by atoms with Crippen molar-refractivity contribution in [3.63, 3.8) is 0 Å². The van der Waals surface area contributed by atoms with E-state index < -0.39 is 6.04 Å². The summed E-state index contributed by atoms with van der Waals surface area (Å²) in [4.78, 5) is 34.3. The SMILES string of the molecule is C[C@@H](C(=O)N1CCCC[C@H]1c1cccnc1)N1C(=O)/C(=C/c2ccco2)SC1=S. The number of rotatable bonds is 4. The first-order chi connectivity index (χ1) is 14.1. The van der Waals surface area contributed by atoms with E-state index in [9.17, 15) is 9.59 Å². The van der Waals surface area contributed by atoms with E-state index >= 15 is 0 Å². The Morgan fingerprint density at radius 2 is 2.24 bits per heavy atom. The summed E-state index contributed by atoms with van der Waals surface area (Å²) < 4.78 is 5.69. The highest BCUT2D eigenvalue weighted by atomic mass is 32.2. The molecule has 150 valence electrons. The number of piperidine rings is 1. The van der Waals surface area contributed by atoms with Gasteiger partial charge in [-0.2, -0.15) is 0 Å². The molecule has 2 aliphatic heterocycles. The Balaban J connectivity index is 1.55. The third-order valence-electron chi connectivity index (χ3n) is 5.24. The predicted octanol–water partition coefficient (Wildman–Crippen LogP) is 4.02. The zero-order chi connectivity index (χ0) is 20.4. The normalized spacial score (nSPS) is 22.4. The Labute approximate surface area is 179 Å². The van der Waals surface area contributed by atoms with Crippen LogP contribution in [0.1, 0.15) is 43.6 Å². The van der Waals surface area contributed by atoms with Crippen molar-refractivity contribution in [2.45, 2.75) is 38.3 Å². The minimum absolute atomic E-state index is 0.0236. The van der Waals surface area contributed by atoms with E-state index in [0.717, 1.165) is 24.8 Å². The van der Waals surface area contributed by atoms with Gasteiger partial charge in [-0.05, 0) is 49.9 Å². The molecule has 0 bridgehead atoms. The molecule has 6 nitrogen and oxygen atoms in total. The van der Waals surface area contributed by atoms with Crippen LogP contribution >= 0.6 is 24.0 Å². The maximum absolute atomic E-state index is 13.4. The molecule has 0 unspecified atom stereocenters. The zero-order valence-corrected chi connectivity index (χ0v) is 17.6. The molecule has 0 saturated carbocycles. The van der Waals surface area contributed by atoms with Gasteiger partial charge in [0.05, 0.1) is 17.2 Å². The van der Waals surface area contributed by atoms with Crippen molar-refractivity contribution in [1.29, 1.82) is 0 Å². The van der Waals surface area contributed by atoms with Crippen LogP contribution in [0, 0.1) is 0 Å². The maximum atomic E-state index is 13.4. The zero-order valence-electron chi connectivity index (χ0n) is 16.0. The summed E-state index contributed by atoms with van der Waals surface area (Å²) in [5.74, 6) is 0.235. The molecule has 4 rings (SSSR count). The molecular formula is C21H21N3O3S2. The Morgan fingerprint density at radius 1 is 1.38 bits per heavy atom. The fraction of sp³-hybridized carbons (Fsp3) is 0.333. The van der Waals surface area contributed by atoms with E-state index in [1.807, 2.05) is 23.2 Å². The lowest BCUT2D eigenvalue weighted by Crippen LogP contribution is -2.51. The number of furan rings is 1. The van der Waals surface area contributed by atoms with E-state index in [1.54, 1.807) is 37.6 Å². The summed E-state index contributed by atoms with van der Waals surface area (Å²) in [6.45, 7) is 2.41. The van der Waals surface area contributed by atoms with E-state index in [-0.39, 0.29) is 17.9 Å². The molecule has 29 heavy (non-hydrogen) atoms. The van der Waals surface area contributed by atoms with Crippen molar-refractivity contribution < 1.29 is 14.0 Å². The van der Waals surface area contributed by atoms with Gasteiger partial charge in [0.1, 0.15) is 16.1 Å². The number of nitrogens with zero attached hydrogens (tertiary/aromatic N) is 3. The highest BCUT2D eigenvalue weighted by Gasteiger charge is 2.41. The maximum Gasteiger partial charge on any atom is 0.267 e. The van der Waals surface area contributed by atoms with Gasteiger partial charge in [-0.1, -0.05) is 30.0 Å². The fourth-order valence-corrected chi connectivity index (χ4v) is 5.18. The lowest BCUT2D eigenvalue weighted by Gasteiger charge is -2.38. The second-order valence-corrected chi connectivity index (χ2v) is 8.75. The Hall–Kier alpha value is -2.45. The summed E-state index contributed by atoms with van der Waals surface area (Å²) in [6, 6.07) is 6.73. The average Bonchev–Trinajstić information content (AvgIpc) is 3.35. The molecule has 2 aromatic heterocycles. The molecule has 0 aliphatic carbocycles. The van der Waals surface area contributed by atoms with Crippen molar-refractivity contribution in [2.24, 2.45) is 0 Å². The van der Waals surface area contributed by atoms with Crippen molar-refractivity contribution in [1.82, 2.24) is 14.8 Å². The second kappa shape index (κ2) is 8.51. The minimum atomic E-state index is -0.665. The van der Waals surface area contributed by atoms with Gasteiger partial charge in [0.25, 0.3) is 5.91 Å². The summed E-state index contributed by atoms with van der Waals surface area (Å²) in [6.07, 6.45) is 9.65. The van der Waals surface area contributed by atoms with Gasteiger partial charge in [-0.25, -0.2) is 0 Å². The standard InChI is InChI=1S/C21H21N3O3S2/c1-14(24-20(26)18(29-21(24)28)12-16-7-5-11-27-16)19(25)23-10-3-2-8-17(23)15-6-4-9-22-13-15/h4-7,9,11-14,17H,2-3,8,10H2,1H3/b18-12-/t14-,17-/m0/s1. The number of likely N-dealkylation sites (tertiary alicyclic amines) is 1. The smallest absolute Gasteiger partial charge is 0.267 e. The summed E-state index contributed by atoms with van der Waals surface area (Å²) >= 11 is 6.62. The summed E-state index contributed by atoms with van der Waals surface area (Å²) in [7, 11) is 0. The molecule has 2 aliphatic rings. The number of hydrogen-bond acceptors (Lipinski definition) is 6. The van der Waals surface area contributed by atoms with Gasteiger partial charge in [0.2, 0.25) is 5.91 Å². The van der Waals surface area contributed by atoms with Crippen LogP contribution in [-0.4, -0.2) is 43.5 Å². The topological polar surface area (TPSA) is 66.7 Å². The molecule has 2 atom stereocenters. The number of carbonyl (C=O) groups excluding carboxylic acids is 2. The lowest BCUT2D eigenvalue weighted by molar-refractivity contribution is -0.142. The minimum Gasteiger partial charge on any atom is -0.465 e. The lowest BCUT2D eigenvalue weighted by atomic mass is 9.95. The Bertz CT molecular complexity index is 943. The quantitative estimate of drug-likeness (QED) is 0.542. The van der Waals surface area contributed by atoms with Crippen molar-refractivity contribution in [3.05, 3.63) is 59.2 Å². The number of pyridine rings is 1. The summed E-state index contributed by atoms with van der Waals surface area (Å²) in [5.41, 5.74) is 1.02. The Morgan fingerprint density at radius 3 is 2.97 bits per heavy atom. The third-order valence-corrected chi connectivity index (χ3v) is 6.57. The van der Waals surface area contributed by atoms with Crippen molar-refractivity contribution in [2.75, 3.05) is 6.54 Å². The molecule has 2 amide bonds. The molecule has 2 fully saturated rings. The number of aromatic nitrogens is 1. The van der Waals surface area contributed by atoms with Gasteiger partial charge in [0.15, 0.2) is 0 Å². The highest BCUT2D eigenvalue weighted by molar-refractivity contribution is 8.26. The van der Waals surface area contributed by atoms with Gasteiger partial charge in [0, 0.05) is 25.0 Å². The highest BCUT2D eigenvalue weighted by Crippen LogP contribution is 2.36. The first-order valence-corrected chi connectivity index (χ1v) is 10.8. The molecule has 0 aromatic carbocycles. The van der Waals surface area contributed by atoms with Crippen LogP contribution in [0.2, 0.25) is 0 Å². The van der Waals surface area contributed by atoms with E-state index in [4.69, 9.17) is 16.6 Å². The monoisotopic (exact) mass is 427 g/mol. The fourth-order valence-electron chi connectivity index (χ4n) is 3.78. The third kappa shape index (κ3) is 4.00. The molecule has 4 heterocycles. The first-order valence-electron chi connectivity index (χ1n) is 9.57. The van der Waals surface area contributed by atoms with Gasteiger partial charge in [-0.3, -0.25) is 19.5 Å². The van der Waals surface area contributed by atoms with Crippen LogP contribution in [-0.2, 0) is 9.59 Å². The molecule has 2 saturated heterocycles. The van der Waals surface area contributed by atoms with Gasteiger partial charge >= 0.3 is 0 Å². The van der Waals surface area contributed by atoms with Crippen LogP contribution in [0.25, 0.3) is 6.08 Å². The van der Waals surface area contributed by atoms with Crippen LogP contribution in [0.5, 0.6) is 0 Å². The van der Waals surface area contributed by atoms with Gasteiger partial charge in [-0.15, -0.1) is 0 Å². The molecule has 2 aromatic rings. The number of thioether (sulfide) groups is 1. The van der Waals surface area contributed by atoms with Crippen LogP contribution in [0.3, 0.4) is 0 Å². The molecule has 0 N–H and O–H groups in total. The Kier molecular flexibility index (Phi) is 5.82. The number of amides is 2. The van der Waals surface area contributed by atoms with E-state index in [1.165, 1.54) is 16.7 Å². The van der Waals surface area contributed by atoms with E-state index in [0.29, 0.717) is 21.5 Å². The van der Waals surface area contributed by atoms with Crippen molar-refractivity contribution >= 4 is 46.2 Å².